The normalized spacial score (nSPS) is 14.1. The van der Waals surface area contributed by atoms with Crippen molar-refractivity contribution >= 4 is 32.9 Å². The summed E-state index contributed by atoms with van der Waals surface area (Å²) >= 11 is 2.14. The summed E-state index contributed by atoms with van der Waals surface area (Å²) in [7, 11) is 0. The Balaban J connectivity index is 2.49. The van der Waals surface area contributed by atoms with Gasteiger partial charge in [-0.25, -0.2) is 4.98 Å². The van der Waals surface area contributed by atoms with E-state index in [1.54, 1.807) is 0 Å². The smallest absolute Gasteiger partial charge is 0.218 e. The number of hydrogen-bond acceptors (Lipinski definition) is 3. The molecule has 0 amide bonds. The molecule has 1 N–H and O–H groups in total. The van der Waals surface area contributed by atoms with Crippen molar-refractivity contribution in [3.8, 4) is 0 Å². The van der Waals surface area contributed by atoms with Crippen molar-refractivity contribution in [2.45, 2.75) is 38.1 Å². The minimum Gasteiger partial charge on any atom is -0.593 e. The third kappa shape index (κ3) is 3.06. The molecule has 2 rings (SSSR count). The summed E-state index contributed by atoms with van der Waals surface area (Å²) in [6.07, 6.45) is 3.82. The summed E-state index contributed by atoms with van der Waals surface area (Å²) in [6, 6.07) is 1.84. The maximum Gasteiger partial charge on any atom is 0.218 e. The summed E-state index contributed by atoms with van der Waals surface area (Å²) in [6.45, 7) is 7.87. The van der Waals surface area contributed by atoms with Gasteiger partial charge in [0.15, 0.2) is 5.65 Å². The summed E-state index contributed by atoms with van der Waals surface area (Å²) < 4.78 is 18.2. The van der Waals surface area contributed by atoms with Crippen LogP contribution in [0.4, 0.5) is 0 Å². The van der Waals surface area contributed by atoms with Gasteiger partial charge < -0.3 is 8.95 Å². The van der Waals surface area contributed by atoms with E-state index in [4.69, 9.17) is 0 Å². The van der Waals surface area contributed by atoms with Crippen LogP contribution in [-0.4, -0.2) is 19.5 Å². The maximum absolute atomic E-state index is 12.4. The van der Waals surface area contributed by atoms with E-state index < -0.39 is 11.4 Å². The predicted octanol–water partition coefficient (Wildman–Crippen LogP) is 2.82. The minimum absolute atomic E-state index is 0.216. The van der Waals surface area contributed by atoms with Crippen molar-refractivity contribution < 1.29 is 4.55 Å². The first-order chi connectivity index (χ1) is 8.26. The van der Waals surface area contributed by atoms with Crippen LogP contribution in [0.25, 0.3) is 5.65 Å². The third-order valence-corrected chi connectivity index (χ3v) is 4.13. The van der Waals surface area contributed by atoms with E-state index in [9.17, 15) is 4.55 Å². The van der Waals surface area contributed by atoms with E-state index in [0.717, 1.165) is 15.8 Å². The highest BCUT2D eigenvalue weighted by Gasteiger charge is 2.24. The fraction of sp³-hybridized carbons (Fsp3) is 0.417. The number of nitrogens with zero attached hydrogens (tertiary/aromatic N) is 2. The molecule has 0 aliphatic rings. The molecular formula is C12H16BrN3OS. The third-order valence-electron chi connectivity index (χ3n) is 2.20. The van der Waals surface area contributed by atoms with Crippen LogP contribution < -0.4 is 4.72 Å². The lowest BCUT2D eigenvalue weighted by molar-refractivity contribution is 0.491. The van der Waals surface area contributed by atoms with Gasteiger partial charge in [0.25, 0.3) is 0 Å². The van der Waals surface area contributed by atoms with Crippen molar-refractivity contribution in [1.82, 2.24) is 14.1 Å². The van der Waals surface area contributed by atoms with E-state index in [0.29, 0.717) is 4.90 Å². The average molecular weight is 330 g/mol. The van der Waals surface area contributed by atoms with Gasteiger partial charge in [0.2, 0.25) is 4.90 Å². The van der Waals surface area contributed by atoms with Crippen molar-refractivity contribution in [1.29, 1.82) is 0 Å². The molecule has 0 saturated carbocycles. The lowest BCUT2D eigenvalue weighted by Crippen LogP contribution is -2.40. The molecule has 2 aromatic heterocycles. The molecule has 0 fully saturated rings. The predicted molar refractivity (Wildman–Crippen MR) is 76.9 cm³/mol. The largest absolute Gasteiger partial charge is 0.593 e. The molecule has 4 nitrogen and oxygen atoms in total. The Labute approximate surface area is 118 Å². The maximum atomic E-state index is 12.4. The summed E-state index contributed by atoms with van der Waals surface area (Å²) in [4.78, 5) is 5.10. The van der Waals surface area contributed by atoms with E-state index in [-0.39, 0.29) is 5.54 Å². The molecule has 0 radical (unpaired) electrons. The van der Waals surface area contributed by atoms with Gasteiger partial charge in [0.1, 0.15) is 0 Å². The molecule has 1 unspecified atom stereocenters. The Hall–Kier alpha value is -0.560. The number of aromatic nitrogens is 2. The standard InChI is InChI=1S/C12H16BrN3OS/c1-8-6-16-7-9(13)5-10(11(16)14-8)18(17)15-12(2,3)4/h5-7,15H,1-4H3. The van der Waals surface area contributed by atoms with Crippen LogP contribution in [0.2, 0.25) is 0 Å². The van der Waals surface area contributed by atoms with Gasteiger partial charge in [-0.2, -0.15) is 0 Å². The van der Waals surface area contributed by atoms with E-state index in [1.807, 2.05) is 50.6 Å². The van der Waals surface area contributed by atoms with Gasteiger partial charge in [-0.05, 0) is 43.6 Å². The quantitative estimate of drug-likeness (QED) is 0.862. The highest BCUT2D eigenvalue weighted by atomic mass is 79.9. The Morgan fingerprint density at radius 2 is 2.06 bits per heavy atom. The molecule has 6 heteroatoms. The number of aryl methyl sites for hydroxylation is 1. The lowest BCUT2D eigenvalue weighted by Gasteiger charge is -2.21. The van der Waals surface area contributed by atoms with Crippen LogP contribution in [-0.2, 0) is 11.4 Å². The van der Waals surface area contributed by atoms with Crippen molar-refractivity contribution in [2.24, 2.45) is 0 Å². The zero-order valence-electron chi connectivity index (χ0n) is 10.8. The molecule has 1 atom stereocenters. The Morgan fingerprint density at radius 3 is 2.67 bits per heavy atom. The van der Waals surface area contributed by atoms with Crippen molar-refractivity contribution in [3.63, 3.8) is 0 Å². The summed E-state index contributed by atoms with van der Waals surface area (Å²) in [5, 5.41) is 0. The first-order valence-electron chi connectivity index (χ1n) is 5.61. The van der Waals surface area contributed by atoms with Crippen LogP contribution in [0.15, 0.2) is 27.8 Å². The second-order valence-corrected chi connectivity index (χ2v) is 7.35. The second kappa shape index (κ2) is 4.85. The monoisotopic (exact) mass is 329 g/mol. The van der Waals surface area contributed by atoms with Gasteiger partial charge in [0.05, 0.1) is 22.6 Å². The van der Waals surface area contributed by atoms with E-state index in [2.05, 4.69) is 25.6 Å². The van der Waals surface area contributed by atoms with Crippen LogP contribution in [0.3, 0.4) is 0 Å². The van der Waals surface area contributed by atoms with E-state index >= 15 is 0 Å². The Bertz CT molecular complexity index is 576. The topological polar surface area (TPSA) is 52.4 Å². The minimum atomic E-state index is -1.29. The molecule has 0 aromatic carbocycles. The molecule has 2 heterocycles. The average Bonchev–Trinajstić information content (AvgIpc) is 2.53. The SMILES string of the molecule is Cc1cn2cc(Br)cc([S+]([O-])NC(C)(C)C)c2n1. The first-order valence-corrected chi connectivity index (χ1v) is 7.55. The lowest BCUT2D eigenvalue weighted by atomic mass is 10.1. The molecule has 0 saturated heterocycles. The Kier molecular flexibility index (Phi) is 3.73. The molecule has 0 aliphatic carbocycles. The number of rotatable bonds is 2. The highest BCUT2D eigenvalue weighted by Crippen LogP contribution is 2.23. The number of hydrogen-bond donors (Lipinski definition) is 1. The zero-order chi connectivity index (χ0) is 13.5. The number of nitrogens with one attached hydrogen (secondary N) is 1. The molecule has 2 aromatic rings. The molecule has 0 bridgehead atoms. The van der Waals surface area contributed by atoms with Gasteiger partial charge in [-0.1, -0.05) is 0 Å². The van der Waals surface area contributed by atoms with Crippen LogP contribution >= 0.6 is 15.9 Å². The number of pyridine rings is 1. The molecule has 0 aliphatic heterocycles. The van der Waals surface area contributed by atoms with Gasteiger partial charge in [-0.15, -0.1) is 4.72 Å². The fourth-order valence-corrected chi connectivity index (χ4v) is 3.44. The molecule has 98 valence electrons. The molecule has 0 spiro atoms. The molecule has 18 heavy (non-hydrogen) atoms. The molecular weight excluding hydrogens is 314 g/mol. The summed E-state index contributed by atoms with van der Waals surface area (Å²) in [5.41, 5.74) is 1.42. The fourth-order valence-electron chi connectivity index (χ4n) is 1.63. The van der Waals surface area contributed by atoms with Gasteiger partial charge in [-0.3, -0.25) is 0 Å². The Morgan fingerprint density at radius 1 is 1.39 bits per heavy atom. The van der Waals surface area contributed by atoms with Gasteiger partial charge in [0, 0.05) is 22.9 Å². The number of imidazole rings is 1. The van der Waals surface area contributed by atoms with Gasteiger partial charge >= 0.3 is 0 Å². The summed E-state index contributed by atoms with van der Waals surface area (Å²) in [5.74, 6) is 0. The number of halogens is 1. The second-order valence-electron chi connectivity index (χ2n) is 5.26. The number of fused-ring (bicyclic) bond motifs is 1. The van der Waals surface area contributed by atoms with Crippen LogP contribution in [0, 0.1) is 6.92 Å². The zero-order valence-corrected chi connectivity index (χ0v) is 13.2. The van der Waals surface area contributed by atoms with Crippen molar-refractivity contribution in [2.75, 3.05) is 0 Å². The van der Waals surface area contributed by atoms with Crippen LogP contribution in [0.1, 0.15) is 26.5 Å². The highest BCUT2D eigenvalue weighted by molar-refractivity contribution is 9.10. The van der Waals surface area contributed by atoms with E-state index in [1.165, 1.54) is 0 Å². The van der Waals surface area contributed by atoms with Crippen molar-refractivity contribution in [3.05, 3.63) is 28.6 Å². The van der Waals surface area contributed by atoms with Crippen LogP contribution in [0.5, 0.6) is 0 Å². The first kappa shape index (κ1) is 13.9.